The molecule has 0 radical (unpaired) electrons. The summed E-state index contributed by atoms with van der Waals surface area (Å²) < 4.78 is 0. The number of aryl methyl sites for hydroxylation is 1. The van der Waals surface area contributed by atoms with Crippen LogP contribution in [-0.4, -0.2) is 88.1 Å². The average molecular weight is 792 g/mol. The van der Waals surface area contributed by atoms with Crippen LogP contribution in [0.1, 0.15) is 111 Å². The predicted molar refractivity (Wildman–Crippen MR) is 221 cm³/mol. The molecule has 3 atom stereocenters. The van der Waals surface area contributed by atoms with Crippen molar-refractivity contribution >= 4 is 35.2 Å². The van der Waals surface area contributed by atoms with Gasteiger partial charge in [0.25, 0.3) is 11.8 Å². The molecule has 1 aliphatic carbocycles. The largest absolute Gasteiger partial charge is 0.508 e. The van der Waals surface area contributed by atoms with E-state index in [2.05, 4.69) is 75.8 Å². The second kappa shape index (κ2) is 14.8. The van der Waals surface area contributed by atoms with Crippen LogP contribution in [-0.2, 0) is 33.9 Å². The normalized spacial score (nSPS) is 23.9. The fourth-order valence-corrected chi connectivity index (χ4v) is 10.9. The van der Waals surface area contributed by atoms with E-state index >= 15 is 0 Å². The van der Waals surface area contributed by atoms with Gasteiger partial charge in [-0.1, -0.05) is 48.5 Å². The summed E-state index contributed by atoms with van der Waals surface area (Å²) in [5, 5.41) is 12.5. The lowest BCUT2D eigenvalue weighted by atomic mass is 9.69. The number of carbonyl (C=O) groups is 5. The van der Waals surface area contributed by atoms with Crippen LogP contribution in [0.15, 0.2) is 84.9 Å². The Morgan fingerprint density at radius 3 is 2.03 bits per heavy atom. The van der Waals surface area contributed by atoms with Gasteiger partial charge in [0.05, 0.1) is 17.7 Å². The monoisotopic (exact) mass is 791 g/mol. The smallest absolute Gasteiger partial charge is 0.262 e. The number of likely N-dealkylation sites (tertiary alicyclic amines) is 1. The average Bonchev–Trinajstić information content (AvgIpc) is 3.78. The highest BCUT2D eigenvalue weighted by Gasteiger charge is 2.46. The number of hydrogen-bond acceptors (Lipinski definition) is 8. The number of aromatic hydroxyl groups is 1. The van der Waals surface area contributed by atoms with Crippen molar-refractivity contribution < 1.29 is 29.1 Å². The Morgan fingerprint density at radius 2 is 1.37 bits per heavy atom. The third-order valence-corrected chi connectivity index (χ3v) is 14.4. The van der Waals surface area contributed by atoms with Gasteiger partial charge >= 0.3 is 0 Å². The van der Waals surface area contributed by atoms with E-state index in [0.29, 0.717) is 36.7 Å². The first-order chi connectivity index (χ1) is 28.6. The molecule has 4 aromatic carbocycles. The van der Waals surface area contributed by atoms with Crippen LogP contribution >= 0.6 is 0 Å². The minimum absolute atomic E-state index is 0.0448. The topological polar surface area (TPSA) is 131 Å². The number of rotatable bonds is 6. The third kappa shape index (κ3) is 6.79. The quantitative estimate of drug-likeness (QED) is 0.232. The van der Waals surface area contributed by atoms with E-state index in [0.717, 1.165) is 80.7 Å². The second-order valence-corrected chi connectivity index (χ2v) is 17.6. The number of benzene rings is 4. The molecule has 6 aliphatic rings. The van der Waals surface area contributed by atoms with Crippen LogP contribution in [0.4, 0.5) is 5.69 Å². The lowest BCUT2D eigenvalue weighted by Gasteiger charge is -2.47. The van der Waals surface area contributed by atoms with Gasteiger partial charge in [0.15, 0.2) is 0 Å². The van der Waals surface area contributed by atoms with E-state index in [1.807, 2.05) is 12.1 Å². The minimum Gasteiger partial charge on any atom is -0.508 e. The summed E-state index contributed by atoms with van der Waals surface area (Å²) >= 11 is 0. The Hall–Kier alpha value is -5.81. The molecular weight excluding hydrogens is 743 g/mol. The highest BCUT2D eigenvalue weighted by molar-refractivity contribution is 6.23. The van der Waals surface area contributed by atoms with Crippen molar-refractivity contribution in [3.63, 3.8) is 0 Å². The highest BCUT2D eigenvalue weighted by Crippen LogP contribution is 2.48. The van der Waals surface area contributed by atoms with Gasteiger partial charge in [0.2, 0.25) is 17.7 Å². The molecule has 59 heavy (non-hydrogen) atoms. The maximum absolute atomic E-state index is 13.6. The summed E-state index contributed by atoms with van der Waals surface area (Å²) in [6.07, 6.45) is 6.62. The van der Waals surface area contributed by atoms with E-state index in [-0.39, 0.29) is 35.8 Å². The number of amides is 5. The second-order valence-electron chi connectivity index (χ2n) is 17.6. The number of fused-ring (bicyclic) bond motifs is 3. The molecule has 11 heteroatoms. The zero-order valence-corrected chi connectivity index (χ0v) is 33.2. The fraction of sp³-hybridized carbons (Fsp3) is 0.396. The van der Waals surface area contributed by atoms with Crippen molar-refractivity contribution in [1.29, 1.82) is 0 Å². The molecule has 302 valence electrons. The molecule has 1 spiro atoms. The first-order valence-electron chi connectivity index (χ1n) is 21.2. The zero-order valence-electron chi connectivity index (χ0n) is 33.2. The fourth-order valence-electron chi connectivity index (χ4n) is 10.9. The molecule has 0 bridgehead atoms. The van der Waals surface area contributed by atoms with Gasteiger partial charge in [-0.2, -0.15) is 0 Å². The van der Waals surface area contributed by atoms with Gasteiger partial charge in [-0.15, -0.1) is 0 Å². The number of anilines is 1. The molecule has 5 aliphatic heterocycles. The first kappa shape index (κ1) is 37.5. The van der Waals surface area contributed by atoms with Gasteiger partial charge in [0.1, 0.15) is 11.8 Å². The third-order valence-electron chi connectivity index (χ3n) is 14.4. The van der Waals surface area contributed by atoms with Crippen molar-refractivity contribution in [2.24, 2.45) is 5.41 Å². The summed E-state index contributed by atoms with van der Waals surface area (Å²) in [7, 11) is 0. The van der Waals surface area contributed by atoms with Crippen LogP contribution in [0.2, 0.25) is 0 Å². The van der Waals surface area contributed by atoms with Crippen molar-refractivity contribution in [2.45, 2.75) is 82.3 Å². The van der Waals surface area contributed by atoms with Gasteiger partial charge in [-0.05, 0) is 139 Å². The van der Waals surface area contributed by atoms with Crippen molar-refractivity contribution in [2.75, 3.05) is 37.6 Å². The minimum atomic E-state index is -1.00. The number of nitrogens with zero attached hydrogens (tertiary/aromatic N) is 4. The number of phenolic OH excluding ortho intramolecular Hbond substituents is 1. The van der Waals surface area contributed by atoms with Gasteiger partial charge in [-0.25, -0.2) is 0 Å². The molecule has 1 unspecified atom stereocenters. The first-order valence-corrected chi connectivity index (χ1v) is 21.2. The van der Waals surface area contributed by atoms with Crippen LogP contribution in [0, 0.1) is 5.41 Å². The Kier molecular flexibility index (Phi) is 9.38. The van der Waals surface area contributed by atoms with E-state index in [1.165, 1.54) is 27.9 Å². The highest BCUT2D eigenvalue weighted by atomic mass is 16.3. The van der Waals surface area contributed by atoms with Crippen molar-refractivity contribution in [1.82, 2.24) is 20.0 Å². The van der Waals surface area contributed by atoms with Gasteiger partial charge in [0, 0.05) is 44.2 Å². The summed E-state index contributed by atoms with van der Waals surface area (Å²) in [6, 6.07) is 28.4. The number of phenols is 1. The van der Waals surface area contributed by atoms with Crippen molar-refractivity contribution in [3.8, 4) is 5.75 Å². The summed E-state index contributed by atoms with van der Waals surface area (Å²) in [5.41, 5.74) is 8.99. The molecule has 0 saturated carbocycles. The molecule has 10 rings (SSSR count). The standard InChI is InChI=1S/C48H49N5O6/c54-36-11-13-38-32(24-36)8-12-37(30-4-2-1-3-5-30)44(38)31-6-9-35(10-7-31)51-22-18-48(19-23-51)16-20-50(21-17-48)29-43(56)52-27-33-25-39-40(26-34(33)28-52)47(59)53(46(39)58)41-14-15-42(55)49-45(41)57/h1-7,9-11,13,24-26,37,41,44,54H,8,12,14-23,27-29H2,(H,49,55,57)/t37-,41?,44+/m1/s1. The Morgan fingerprint density at radius 1 is 0.712 bits per heavy atom. The maximum atomic E-state index is 13.6. The molecule has 3 fully saturated rings. The number of carbonyl (C=O) groups excluding carboxylic acids is 5. The molecule has 0 aromatic heterocycles. The van der Waals surface area contributed by atoms with E-state index in [9.17, 15) is 29.1 Å². The maximum Gasteiger partial charge on any atom is 0.262 e. The van der Waals surface area contributed by atoms with Crippen LogP contribution < -0.4 is 10.2 Å². The Labute approximate surface area is 344 Å². The Balaban J connectivity index is 0.731. The zero-order chi connectivity index (χ0) is 40.4. The van der Waals surface area contributed by atoms with Crippen LogP contribution in [0.3, 0.4) is 0 Å². The number of nitrogens with one attached hydrogen (secondary N) is 1. The van der Waals surface area contributed by atoms with E-state index in [1.54, 1.807) is 17.0 Å². The van der Waals surface area contributed by atoms with E-state index in [4.69, 9.17) is 0 Å². The molecule has 3 saturated heterocycles. The predicted octanol–water partition coefficient (Wildman–Crippen LogP) is 5.88. The van der Waals surface area contributed by atoms with Crippen LogP contribution in [0.5, 0.6) is 5.75 Å². The van der Waals surface area contributed by atoms with Crippen molar-refractivity contribution in [3.05, 3.63) is 129 Å². The lowest BCUT2D eigenvalue weighted by molar-refractivity contribution is -0.136. The van der Waals surface area contributed by atoms with Gasteiger partial charge < -0.3 is 14.9 Å². The van der Waals surface area contributed by atoms with E-state index < -0.39 is 29.7 Å². The molecular formula is C48H49N5O6. The summed E-state index contributed by atoms with van der Waals surface area (Å²) in [6.45, 7) is 4.91. The molecule has 5 amide bonds. The molecule has 2 N–H and O–H groups in total. The molecule has 5 heterocycles. The van der Waals surface area contributed by atoms with Gasteiger partial charge in [-0.3, -0.25) is 39.1 Å². The number of imide groups is 2. The molecule has 11 nitrogen and oxygen atoms in total. The molecule has 4 aromatic rings. The number of hydrogen-bond donors (Lipinski definition) is 2. The van der Waals surface area contributed by atoms with Crippen LogP contribution in [0.25, 0.3) is 0 Å². The lowest BCUT2D eigenvalue weighted by Crippen LogP contribution is -2.54. The summed E-state index contributed by atoms with van der Waals surface area (Å²) in [5.74, 6) is -1.10. The Bertz CT molecular complexity index is 2320. The number of piperidine rings is 3. The summed E-state index contributed by atoms with van der Waals surface area (Å²) in [4.78, 5) is 72.0. The SMILES string of the molecule is O=C1CCC(N2C(=O)c3cc4c(cc3C2=O)CN(C(=O)CN2CCC3(CC2)CCN(c2ccc([C@@H]5c6ccc(O)cc6CC[C@@H]5c5ccccc5)cc2)CC3)C4)C(=O)N1.